The smallest absolute Gasteiger partial charge is 0.243 e. The normalized spacial score (nSPS) is 26.5. The molecule has 15 heavy (non-hydrogen) atoms. The lowest BCUT2D eigenvalue weighted by Gasteiger charge is -2.25. The lowest BCUT2D eigenvalue weighted by molar-refractivity contribution is 0.104. The van der Waals surface area contributed by atoms with E-state index in [9.17, 15) is 5.11 Å². The number of nitrogens with two attached hydrogens (primary N) is 1. The second kappa shape index (κ2) is 4.48. The van der Waals surface area contributed by atoms with E-state index in [1.165, 1.54) is 0 Å². The van der Waals surface area contributed by atoms with Gasteiger partial charge in [-0.3, -0.25) is 0 Å². The summed E-state index contributed by atoms with van der Waals surface area (Å²) in [5.41, 5.74) is 5.40. The fourth-order valence-electron chi connectivity index (χ4n) is 2.04. The Bertz CT molecular complexity index is 313. The Hall–Kier alpha value is -1.30. The molecule has 1 saturated carbocycles. The van der Waals surface area contributed by atoms with Gasteiger partial charge in [0.2, 0.25) is 11.9 Å². The SMILES string of the molecule is Nc1nc(NCC2CCCC(O)C2)n[nH]1. The molecular weight excluding hydrogens is 194 g/mol. The third-order valence-electron chi connectivity index (χ3n) is 2.81. The summed E-state index contributed by atoms with van der Waals surface area (Å²) in [7, 11) is 0. The zero-order valence-electron chi connectivity index (χ0n) is 8.61. The molecule has 6 heteroatoms. The Labute approximate surface area is 88.3 Å². The largest absolute Gasteiger partial charge is 0.393 e. The minimum atomic E-state index is -0.136. The summed E-state index contributed by atoms with van der Waals surface area (Å²) >= 11 is 0. The second-order valence-corrected chi connectivity index (χ2v) is 4.11. The molecule has 84 valence electrons. The number of nitrogens with one attached hydrogen (secondary N) is 2. The predicted molar refractivity (Wildman–Crippen MR) is 57.2 cm³/mol. The molecule has 1 aliphatic carbocycles. The number of aliphatic hydroxyl groups excluding tert-OH is 1. The number of rotatable bonds is 3. The zero-order chi connectivity index (χ0) is 10.7. The summed E-state index contributed by atoms with van der Waals surface area (Å²) in [6, 6.07) is 0. The quantitative estimate of drug-likeness (QED) is 0.578. The van der Waals surface area contributed by atoms with Crippen molar-refractivity contribution in [3.63, 3.8) is 0 Å². The van der Waals surface area contributed by atoms with Gasteiger partial charge in [0, 0.05) is 6.54 Å². The van der Waals surface area contributed by atoms with Crippen molar-refractivity contribution in [2.24, 2.45) is 5.92 Å². The van der Waals surface area contributed by atoms with Crippen LogP contribution in [0.15, 0.2) is 0 Å². The van der Waals surface area contributed by atoms with Crippen LogP contribution >= 0.6 is 0 Å². The summed E-state index contributed by atoms with van der Waals surface area (Å²) in [6.45, 7) is 0.800. The molecule has 0 radical (unpaired) electrons. The summed E-state index contributed by atoms with van der Waals surface area (Å²) in [5, 5.41) is 19.1. The maximum atomic E-state index is 9.50. The van der Waals surface area contributed by atoms with Crippen molar-refractivity contribution in [2.75, 3.05) is 17.6 Å². The molecule has 2 rings (SSSR count). The van der Waals surface area contributed by atoms with Gasteiger partial charge in [0.1, 0.15) is 0 Å². The molecule has 1 aromatic rings. The summed E-state index contributed by atoms with van der Waals surface area (Å²) < 4.78 is 0. The zero-order valence-corrected chi connectivity index (χ0v) is 8.61. The molecule has 5 N–H and O–H groups in total. The summed E-state index contributed by atoms with van der Waals surface area (Å²) in [6.07, 6.45) is 3.92. The number of hydrogen-bond donors (Lipinski definition) is 4. The fraction of sp³-hybridized carbons (Fsp3) is 0.778. The van der Waals surface area contributed by atoms with Crippen molar-refractivity contribution in [3.05, 3.63) is 0 Å². The highest BCUT2D eigenvalue weighted by molar-refractivity contribution is 5.29. The molecule has 2 unspecified atom stereocenters. The highest BCUT2D eigenvalue weighted by Gasteiger charge is 2.20. The first kappa shape index (κ1) is 10.2. The second-order valence-electron chi connectivity index (χ2n) is 4.11. The van der Waals surface area contributed by atoms with E-state index in [1.807, 2.05) is 0 Å². The van der Waals surface area contributed by atoms with Crippen molar-refractivity contribution >= 4 is 11.9 Å². The van der Waals surface area contributed by atoms with E-state index in [0.717, 1.165) is 32.2 Å². The van der Waals surface area contributed by atoms with Crippen LogP contribution < -0.4 is 11.1 Å². The van der Waals surface area contributed by atoms with Crippen molar-refractivity contribution in [3.8, 4) is 0 Å². The van der Waals surface area contributed by atoms with Crippen molar-refractivity contribution < 1.29 is 5.11 Å². The average molecular weight is 211 g/mol. The molecule has 0 bridgehead atoms. The fourth-order valence-corrected chi connectivity index (χ4v) is 2.04. The Morgan fingerprint density at radius 1 is 1.53 bits per heavy atom. The van der Waals surface area contributed by atoms with Gasteiger partial charge in [-0.1, -0.05) is 6.42 Å². The van der Waals surface area contributed by atoms with Crippen LogP contribution in [0.3, 0.4) is 0 Å². The van der Waals surface area contributed by atoms with E-state index in [-0.39, 0.29) is 6.10 Å². The predicted octanol–water partition coefficient (Wildman–Crippen LogP) is 0.350. The van der Waals surface area contributed by atoms with Gasteiger partial charge in [0.05, 0.1) is 6.10 Å². The Morgan fingerprint density at radius 2 is 2.40 bits per heavy atom. The lowest BCUT2D eigenvalue weighted by Crippen LogP contribution is -2.25. The van der Waals surface area contributed by atoms with Crippen LogP contribution in [0.25, 0.3) is 0 Å². The van der Waals surface area contributed by atoms with Crippen molar-refractivity contribution in [1.29, 1.82) is 0 Å². The molecule has 6 nitrogen and oxygen atoms in total. The lowest BCUT2D eigenvalue weighted by atomic mass is 9.87. The first-order chi connectivity index (χ1) is 7.24. The topological polar surface area (TPSA) is 99.8 Å². The molecule has 0 aromatic carbocycles. The minimum Gasteiger partial charge on any atom is -0.393 e. The van der Waals surface area contributed by atoms with Gasteiger partial charge in [0.15, 0.2) is 0 Å². The molecule has 0 spiro atoms. The van der Waals surface area contributed by atoms with Crippen LogP contribution in [0.1, 0.15) is 25.7 Å². The van der Waals surface area contributed by atoms with Crippen LogP contribution in [0.5, 0.6) is 0 Å². The van der Waals surface area contributed by atoms with Crippen molar-refractivity contribution in [2.45, 2.75) is 31.8 Å². The first-order valence-corrected chi connectivity index (χ1v) is 5.34. The Morgan fingerprint density at radius 3 is 3.07 bits per heavy atom. The monoisotopic (exact) mass is 211 g/mol. The number of nitrogens with zero attached hydrogens (tertiary/aromatic N) is 2. The van der Waals surface area contributed by atoms with Gasteiger partial charge in [-0.25, -0.2) is 5.10 Å². The molecule has 1 aromatic heterocycles. The van der Waals surface area contributed by atoms with Gasteiger partial charge in [-0.2, -0.15) is 4.98 Å². The number of aromatic nitrogens is 3. The van der Waals surface area contributed by atoms with Crippen molar-refractivity contribution in [1.82, 2.24) is 15.2 Å². The van der Waals surface area contributed by atoms with Crippen LogP contribution in [-0.4, -0.2) is 32.9 Å². The number of nitrogen functional groups attached to an aromatic ring is 1. The standard InChI is InChI=1S/C9H17N5O/c10-8-12-9(14-13-8)11-5-6-2-1-3-7(15)4-6/h6-7,15H,1-5H2,(H4,10,11,12,13,14). The molecule has 0 aliphatic heterocycles. The number of anilines is 2. The number of aliphatic hydroxyl groups is 1. The first-order valence-electron chi connectivity index (χ1n) is 5.34. The molecule has 1 fully saturated rings. The number of H-pyrrole nitrogens is 1. The summed E-state index contributed by atoms with van der Waals surface area (Å²) in [4.78, 5) is 3.95. The molecule has 1 heterocycles. The van der Waals surface area contributed by atoms with Gasteiger partial charge in [-0.15, -0.1) is 5.10 Å². The Kier molecular flexibility index (Phi) is 3.05. The van der Waals surface area contributed by atoms with Crippen LogP contribution in [-0.2, 0) is 0 Å². The minimum absolute atomic E-state index is 0.136. The van der Waals surface area contributed by atoms with E-state index in [0.29, 0.717) is 17.8 Å². The summed E-state index contributed by atoms with van der Waals surface area (Å²) in [5.74, 6) is 1.36. The molecule has 2 atom stereocenters. The van der Waals surface area contributed by atoms with E-state index < -0.39 is 0 Å². The van der Waals surface area contributed by atoms with Crippen LogP contribution in [0.2, 0.25) is 0 Å². The molecule has 0 saturated heterocycles. The molecular formula is C9H17N5O. The number of hydrogen-bond acceptors (Lipinski definition) is 5. The third kappa shape index (κ3) is 2.82. The maximum absolute atomic E-state index is 9.50. The number of aromatic amines is 1. The van der Waals surface area contributed by atoms with Gasteiger partial charge < -0.3 is 16.2 Å². The van der Waals surface area contributed by atoms with Gasteiger partial charge in [0.25, 0.3) is 0 Å². The van der Waals surface area contributed by atoms with E-state index in [4.69, 9.17) is 5.73 Å². The van der Waals surface area contributed by atoms with E-state index >= 15 is 0 Å². The highest BCUT2D eigenvalue weighted by Crippen LogP contribution is 2.24. The molecule has 0 amide bonds. The van der Waals surface area contributed by atoms with Gasteiger partial charge >= 0.3 is 0 Å². The average Bonchev–Trinajstić information content (AvgIpc) is 2.62. The Balaban J connectivity index is 1.77. The maximum Gasteiger partial charge on any atom is 0.243 e. The third-order valence-corrected chi connectivity index (χ3v) is 2.81. The van der Waals surface area contributed by atoms with Crippen LogP contribution in [0, 0.1) is 5.92 Å². The molecule has 1 aliphatic rings. The van der Waals surface area contributed by atoms with E-state index in [2.05, 4.69) is 20.5 Å². The van der Waals surface area contributed by atoms with Gasteiger partial charge in [-0.05, 0) is 25.2 Å². The van der Waals surface area contributed by atoms with E-state index in [1.54, 1.807) is 0 Å². The van der Waals surface area contributed by atoms with Crippen LogP contribution in [0.4, 0.5) is 11.9 Å². The highest BCUT2D eigenvalue weighted by atomic mass is 16.3.